The van der Waals surface area contributed by atoms with E-state index in [9.17, 15) is 9.59 Å². The number of rotatable bonds is 3. The lowest BCUT2D eigenvalue weighted by atomic mass is 10.1. The number of carbonyl (C=O) groups is 2. The fourth-order valence-electron chi connectivity index (χ4n) is 1.82. The summed E-state index contributed by atoms with van der Waals surface area (Å²) in [6.07, 6.45) is 3.56. The molecule has 1 heterocycles. The number of carboxylic acids is 1. The van der Waals surface area contributed by atoms with Crippen LogP contribution in [0.4, 0.5) is 0 Å². The summed E-state index contributed by atoms with van der Waals surface area (Å²) in [6.45, 7) is 0. The summed E-state index contributed by atoms with van der Waals surface area (Å²) in [4.78, 5) is 26.5. The molecule has 1 aliphatic rings. The van der Waals surface area contributed by atoms with Gasteiger partial charge in [-0.3, -0.25) is 9.59 Å². The number of aliphatic carboxylic acids is 1. The topological polar surface area (TPSA) is 79.3 Å². The highest BCUT2D eigenvalue weighted by molar-refractivity contribution is 6.34. The van der Waals surface area contributed by atoms with E-state index in [0.717, 1.165) is 0 Å². The maximum atomic E-state index is 11.9. The van der Waals surface area contributed by atoms with Crippen LogP contribution in [-0.4, -0.2) is 28.0 Å². The van der Waals surface area contributed by atoms with E-state index in [4.69, 9.17) is 28.3 Å². The molecule has 0 saturated heterocycles. The van der Waals surface area contributed by atoms with Crippen molar-refractivity contribution in [3.8, 4) is 0 Å². The fourth-order valence-corrected chi connectivity index (χ4v) is 2.25. The number of nitrogens with zero attached hydrogens (tertiary/aromatic N) is 1. The summed E-state index contributed by atoms with van der Waals surface area (Å²) in [5.74, 6) is -1.88. The van der Waals surface area contributed by atoms with Gasteiger partial charge in [-0.1, -0.05) is 35.4 Å². The van der Waals surface area contributed by atoms with Crippen molar-refractivity contribution in [2.75, 3.05) is 0 Å². The van der Waals surface area contributed by atoms with E-state index >= 15 is 0 Å². The first-order chi connectivity index (χ1) is 8.97. The van der Waals surface area contributed by atoms with Gasteiger partial charge in [0.25, 0.3) is 5.91 Å². The molecule has 0 radical (unpaired) electrons. The molecule has 0 fully saturated rings. The summed E-state index contributed by atoms with van der Waals surface area (Å²) < 4.78 is 0. The Morgan fingerprint density at radius 3 is 2.63 bits per heavy atom. The Morgan fingerprint density at radius 1 is 1.32 bits per heavy atom. The molecule has 1 aliphatic carbocycles. The average Bonchev–Trinajstić information content (AvgIpc) is 2.77. The van der Waals surface area contributed by atoms with Gasteiger partial charge in [0.2, 0.25) is 0 Å². The Balaban J connectivity index is 2.03. The van der Waals surface area contributed by atoms with Gasteiger partial charge in [0.1, 0.15) is 10.3 Å². The molecule has 5 nitrogen and oxygen atoms in total. The lowest BCUT2D eigenvalue weighted by Crippen LogP contribution is -2.33. The molecule has 0 aliphatic heterocycles. The Kier molecular flexibility index (Phi) is 4.07. The van der Waals surface area contributed by atoms with E-state index in [1.165, 1.54) is 12.1 Å². The van der Waals surface area contributed by atoms with Crippen LogP contribution in [0, 0.1) is 5.92 Å². The van der Waals surface area contributed by atoms with Gasteiger partial charge < -0.3 is 10.4 Å². The van der Waals surface area contributed by atoms with Crippen molar-refractivity contribution in [2.45, 2.75) is 12.5 Å². The molecular weight excluding hydrogens is 291 g/mol. The summed E-state index contributed by atoms with van der Waals surface area (Å²) in [6, 6.07) is 2.62. The summed E-state index contributed by atoms with van der Waals surface area (Å²) in [5, 5.41) is 11.7. The zero-order valence-corrected chi connectivity index (χ0v) is 11.1. The van der Waals surface area contributed by atoms with E-state index < -0.39 is 17.8 Å². The number of amides is 1. The quantitative estimate of drug-likeness (QED) is 0.662. The van der Waals surface area contributed by atoms with Crippen molar-refractivity contribution in [1.82, 2.24) is 10.3 Å². The molecule has 2 N–H and O–H groups in total. The highest BCUT2D eigenvalue weighted by Gasteiger charge is 2.26. The second kappa shape index (κ2) is 5.59. The molecule has 7 heteroatoms. The number of nitrogens with one attached hydrogen (secondary N) is 1. The molecule has 0 saturated carbocycles. The number of carboxylic acid groups (broad SMARTS) is 1. The molecule has 1 aromatic rings. The van der Waals surface area contributed by atoms with Crippen molar-refractivity contribution in [3.05, 3.63) is 40.2 Å². The Morgan fingerprint density at radius 2 is 2.05 bits per heavy atom. The van der Waals surface area contributed by atoms with Crippen molar-refractivity contribution in [1.29, 1.82) is 0 Å². The number of hydrogen-bond donors (Lipinski definition) is 2. The molecule has 2 unspecified atom stereocenters. The third-order valence-corrected chi connectivity index (χ3v) is 3.28. The number of pyridine rings is 1. The van der Waals surface area contributed by atoms with Crippen LogP contribution in [0.5, 0.6) is 0 Å². The van der Waals surface area contributed by atoms with Gasteiger partial charge in [-0.25, -0.2) is 4.98 Å². The predicted octanol–water partition coefficient (Wildman–Crippen LogP) is 2.15. The third-order valence-electron chi connectivity index (χ3n) is 2.78. The van der Waals surface area contributed by atoms with E-state index in [2.05, 4.69) is 10.3 Å². The molecule has 100 valence electrons. The van der Waals surface area contributed by atoms with Gasteiger partial charge >= 0.3 is 5.97 Å². The number of aromatic nitrogens is 1. The largest absolute Gasteiger partial charge is 0.481 e. The van der Waals surface area contributed by atoms with Crippen LogP contribution in [0.25, 0.3) is 0 Å². The smallest absolute Gasteiger partial charge is 0.310 e. The highest BCUT2D eigenvalue weighted by atomic mass is 35.5. The molecule has 19 heavy (non-hydrogen) atoms. The second-order valence-electron chi connectivity index (χ2n) is 4.12. The normalized spacial score (nSPS) is 21.4. The zero-order chi connectivity index (χ0) is 14.0. The average molecular weight is 301 g/mol. The van der Waals surface area contributed by atoms with Crippen molar-refractivity contribution < 1.29 is 14.7 Å². The van der Waals surface area contributed by atoms with Crippen molar-refractivity contribution >= 4 is 35.1 Å². The van der Waals surface area contributed by atoms with E-state index in [-0.39, 0.29) is 21.9 Å². The van der Waals surface area contributed by atoms with Gasteiger partial charge in [-0.2, -0.15) is 0 Å². The predicted molar refractivity (Wildman–Crippen MR) is 70.4 cm³/mol. The number of carbonyl (C=O) groups excluding carboxylic acids is 1. The van der Waals surface area contributed by atoms with Crippen LogP contribution in [-0.2, 0) is 4.79 Å². The van der Waals surface area contributed by atoms with Crippen molar-refractivity contribution in [2.24, 2.45) is 5.92 Å². The Bertz CT molecular complexity index is 560. The number of halogens is 2. The van der Waals surface area contributed by atoms with Gasteiger partial charge in [-0.15, -0.1) is 0 Å². The molecule has 2 rings (SSSR count). The van der Waals surface area contributed by atoms with Crippen LogP contribution >= 0.6 is 23.2 Å². The summed E-state index contributed by atoms with van der Waals surface area (Å²) >= 11 is 11.5. The van der Waals surface area contributed by atoms with Crippen LogP contribution in [0.2, 0.25) is 10.3 Å². The molecular formula is C12H10Cl2N2O3. The van der Waals surface area contributed by atoms with E-state index in [1.807, 2.05) is 0 Å². The van der Waals surface area contributed by atoms with Crippen LogP contribution < -0.4 is 5.32 Å². The first-order valence-electron chi connectivity index (χ1n) is 5.51. The zero-order valence-electron chi connectivity index (χ0n) is 9.64. The molecule has 0 bridgehead atoms. The fraction of sp³-hybridized carbons (Fsp3) is 0.250. The summed E-state index contributed by atoms with van der Waals surface area (Å²) in [7, 11) is 0. The number of hydrogen-bond acceptors (Lipinski definition) is 3. The molecule has 1 amide bonds. The molecule has 0 spiro atoms. The standard InChI is InChI=1S/C12H10Cl2N2O3/c13-9-4-3-8(10(14)16-9)11(17)15-7-2-1-6(5-7)12(18)19/h1-4,6-7H,5H2,(H,15,17)(H,18,19). The van der Waals surface area contributed by atoms with Gasteiger partial charge in [0.05, 0.1) is 11.5 Å². The van der Waals surface area contributed by atoms with E-state index in [0.29, 0.717) is 6.42 Å². The van der Waals surface area contributed by atoms with Crippen LogP contribution in [0.1, 0.15) is 16.8 Å². The highest BCUT2D eigenvalue weighted by Crippen LogP contribution is 2.20. The van der Waals surface area contributed by atoms with Crippen LogP contribution in [0.15, 0.2) is 24.3 Å². The van der Waals surface area contributed by atoms with Gasteiger partial charge in [0.15, 0.2) is 0 Å². The second-order valence-corrected chi connectivity index (χ2v) is 4.86. The lowest BCUT2D eigenvalue weighted by molar-refractivity contribution is -0.140. The molecule has 0 aromatic carbocycles. The monoisotopic (exact) mass is 300 g/mol. The molecule has 2 atom stereocenters. The first kappa shape index (κ1) is 13.8. The van der Waals surface area contributed by atoms with E-state index in [1.54, 1.807) is 12.2 Å². The minimum Gasteiger partial charge on any atom is -0.481 e. The first-order valence-corrected chi connectivity index (χ1v) is 6.27. The lowest BCUT2D eigenvalue weighted by Gasteiger charge is -2.12. The third kappa shape index (κ3) is 3.24. The van der Waals surface area contributed by atoms with Crippen LogP contribution in [0.3, 0.4) is 0 Å². The maximum absolute atomic E-state index is 11.9. The maximum Gasteiger partial charge on any atom is 0.310 e. The molecule has 1 aromatic heterocycles. The SMILES string of the molecule is O=C(NC1C=CC(C(=O)O)C1)c1ccc(Cl)nc1Cl. The Hall–Kier alpha value is -1.59. The minimum absolute atomic E-state index is 0.0155. The van der Waals surface area contributed by atoms with Crippen molar-refractivity contribution in [3.63, 3.8) is 0 Å². The minimum atomic E-state index is -0.904. The van der Waals surface area contributed by atoms with Gasteiger partial charge in [-0.05, 0) is 18.6 Å². The Labute approximate surface area is 119 Å². The summed E-state index contributed by atoms with van der Waals surface area (Å²) in [5.41, 5.74) is 0.207. The van der Waals surface area contributed by atoms with Gasteiger partial charge in [0, 0.05) is 6.04 Å².